The number of likely N-dealkylation sites (tertiary alicyclic amines) is 1. The standard InChI is InChI=1S/C14H16ClNO3/c1-9-8-16(6-5-12(9)17)14(18)11-4-3-10(15)7-13(11)19-2/h3-4,7,9H,5-6,8H2,1-2H3. The largest absolute Gasteiger partial charge is 0.496 e. The van der Waals surface area contributed by atoms with Gasteiger partial charge in [-0.2, -0.15) is 0 Å². The summed E-state index contributed by atoms with van der Waals surface area (Å²) in [6.07, 6.45) is 0.419. The second-order valence-corrected chi connectivity index (χ2v) is 5.15. The van der Waals surface area contributed by atoms with E-state index in [2.05, 4.69) is 0 Å². The maximum Gasteiger partial charge on any atom is 0.257 e. The topological polar surface area (TPSA) is 46.6 Å². The van der Waals surface area contributed by atoms with E-state index in [1.165, 1.54) is 7.11 Å². The lowest BCUT2D eigenvalue weighted by atomic mass is 9.98. The highest BCUT2D eigenvalue weighted by Gasteiger charge is 2.28. The van der Waals surface area contributed by atoms with Crippen LogP contribution in [0.3, 0.4) is 0 Å². The Hall–Kier alpha value is -1.55. The fourth-order valence-electron chi connectivity index (χ4n) is 2.21. The number of ketones is 1. The fraction of sp³-hybridized carbons (Fsp3) is 0.429. The van der Waals surface area contributed by atoms with Crippen LogP contribution in [0.2, 0.25) is 5.02 Å². The van der Waals surface area contributed by atoms with Crippen LogP contribution in [-0.2, 0) is 4.79 Å². The van der Waals surface area contributed by atoms with E-state index in [1.807, 2.05) is 6.92 Å². The zero-order chi connectivity index (χ0) is 14.0. The molecule has 0 bridgehead atoms. The van der Waals surface area contributed by atoms with Gasteiger partial charge in [0.05, 0.1) is 12.7 Å². The number of hydrogen-bond acceptors (Lipinski definition) is 3. The van der Waals surface area contributed by atoms with Crippen LogP contribution in [0.15, 0.2) is 18.2 Å². The lowest BCUT2D eigenvalue weighted by molar-refractivity contribution is -0.124. The third-order valence-electron chi connectivity index (χ3n) is 3.35. The van der Waals surface area contributed by atoms with Gasteiger partial charge in [0.15, 0.2) is 0 Å². The first-order valence-electron chi connectivity index (χ1n) is 6.18. The number of piperidine rings is 1. The summed E-state index contributed by atoms with van der Waals surface area (Å²) < 4.78 is 5.19. The summed E-state index contributed by atoms with van der Waals surface area (Å²) >= 11 is 5.88. The first-order chi connectivity index (χ1) is 9.02. The molecule has 1 atom stereocenters. The van der Waals surface area contributed by atoms with Crippen LogP contribution < -0.4 is 4.74 Å². The molecule has 19 heavy (non-hydrogen) atoms. The van der Waals surface area contributed by atoms with Gasteiger partial charge in [-0.25, -0.2) is 0 Å². The molecular formula is C14H16ClNO3. The van der Waals surface area contributed by atoms with Gasteiger partial charge in [-0.15, -0.1) is 0 Å². The van der Waals surface area contributed by atoms with Crippen molar-refractivity contribution in [1.82, 2.24) is 4.90 Å². The van der Waals surface area contributed by atoms with Crippen LogP contribution in [0.1, 0.15) is 23.7 Å². The Morgan fingerprint density at radius 3 is 2.84 bits per heavy atom. The van der Waals surface area contributed by atoms with Gasteiger partial charge in [0.25, 0.3) is 5.91 Å². The molecule has 1 heterocycles. The van der Waals surface area contributed by atoms with Gasteiger partial charge >= 0.3 is 0 Å². The molecule has 0 spiro atoms. The molecule has 1 saturated heterocycles. The number of amides is 1. The Labute approximate surface area is 117 Å². The zero-order valence-corrected chi connectivity index (χ0v) is 11.7. The van der Waals surface area contributed by atoms with Crippen LogP contribution in [-0.4, -0.2) is 36.8 Å². The predicted octanol–water partition coefficient (Wildman–Crippen LogP) is 2.40. The van der Waals surface area contributed by atoms with Gasteiger partial charge < -0.3 is 9.64 Å². The lowest BCUT2D eigenvalue weighted by Crippen LogP contribution is -2.43. The van der Waals surface area contributed by atoms with Crippen molar-refractivity contribution in [2.45, 2.75) is 13.3 Å². The number of hydrogen-bond donors (Lipinski definition) is 0. The maximum absolute atomic E-state index is 12.4. The maximum atomic E-state index is 12.4. The first-order valence-corrected chi connectivity index (χ1v) is 6.56. The number of methoxy groups -OCH3 is 1. The van der Waals surface area contributed by atoms with Crippen LogP contribution in [0.5, 0.6) is 5.75 Å². The van der Waals surface area contributed by atoms with Crippen molar-refractivity contribution < 1.29 is 14.3 Å². The third kappa shape index (κ3) is 2.89. The number of carbonyl (C=O) groups is 2. The SMILES string of the molecule is COc1cc(Cl)ccc1C(=O)N1CCC(=O)C(C)C1. The number of Topliss-reactive ketones (excluding diaryl/α,β-unsaturated/α-hetero) is 1. The van der Waals surface area contributed by atoms with Crippen molar-refractivity contribution in [2.75, 3.05) is 20.2 Å². The molecule has 1 aromatic rings. The summed E-state index contributed by atoms with van der Waals surface area (Å²) in [6.45, 7) is 2.78. The van der Waals surface area contributed by atoms with Crippen LogP contribution in [0, 0.1) is 5.92 Å². The second kappa shape index (κ2) is 5.61. The van der Waals surface area contributed by atoms with Crippen LogP contribution in [0.25, 0.3) is 0 Å². The summed E-state index contributed by atoms with van der Waals surface area (Å²) in [6, 6.07) is 4.94. The quantitative estimate of drug-likeness (QED) is 0.836. The normalized spacial score (nSPS) is 19.4. The molecule has 0 saturated carbocycles. The first kappa shape index (κ1) is 13.9. The van der Waals surface area contributed by atoms with Gasteiger partial charge in [0.2, 0.25) is 0 Å². The minimum absolute atomic E-state index is 0.101. The second-order valence-electron chi connectivity index (χ2n) is 4.71. The Bertz CT molecular complexity index is 515. The van der Waals surface area contributed by atoms with E-state index >= 15 is 0 Å². The smallest absolute Gasteiger partial charge is 0.257 e. The minimum Gasteiger partial charge on any atom is -0.496 e. The summed E-state index contributed by atoms with van der Waals surface area (Å²) in [4.78, 5) is 25.6. The molecule has 0 aromatic heterocycles. The molecule has 1 aliphatic rings. The molecule has 1 aliphatic heterocycles. The zero-order valence-electron chi connectivity index (χ0n) is 11.0. The van der Waals surface area contributed by atoms with E-state index in [4.69, 9.17) is 16.3 Å². The summed E-state index contributed by atoms with van der Waals surface area (Å²) in [5.41, 5.74) is 0.480. The number of benzene rings is 1. The molecule has 0 radical (unpaired) electrons. The van der Waals surface area contributed by atoms with Crippen LogP contribution >= 0.6 is 11.6 Å². The molecule has 2 rings (SSSR count). The Kier molecular flexibility index (Phi) is 4.10. The summed E-state index contributed by atoms with van der Waals surface area (Å²) in [7, 11) is 1.50. The summed E-state index contributed by atoms with van der Waals surface area (Å²) in [5, 5.41) is 0.524. The highest BCUT2D eigenvalue weighted by Crippen LogP contribution is 2.25. The molecule has 1 aromatic carbocycles. The van der Waals surface area contributed by atoms with E-state index in [0.29, 0.717) is 35.8 Å². The van der Waals surface area contributed by atoms with E-state index < -0.39 is 0 Å². The van der Waals surface area contributed by atoms with Crippen molar-refractivity contribution in [1.29, 1.82) is 0 Å². The van der Waals surface area contributed by atoms with Crippen molar-refractivity contribution >= 4 is 23.3 Å². The Morgan fingerprint density at radius 1 is 1.47 bits per heavy atom. The predicted molar refractivity (Wildman–Crippen MR) is 72.7 cm³/mol. The molecule has 1 fully saturated rings. The minimum atomic E-state index is -0.118. The number of halogens is 1. The summed E-state index contributed by atoms with van der Waals surface area (Å²) in [5.74, 6) is 0.457. The highest BCUT2D eigenvalue weighted by molar-refractivity contribution is 6.30. The highest BCUT2D eigenvalue weighted by atomic mass is 35.5. The van der Waals surface area contributed by atoms with E-state index in [9.17, 15) is 9.59 Å². The van der Waals surface area contributed by atoms with Crippen molar-refractivity contribution in [3.8, 4) is 5.75 Å². The van der Waals surface area contributed by atoms with Crippen molar-refractivity contribution in [2.24, 2.45) is 5.92 Å². The van der Waals surface area contributed by atoms with Gasteiger partial charge in [0, 0.05) is 30.5 Å². The molecular weight excluding hydrogens is 266 g/mol. The van der Waals surface area contributed by atoms with Crippen molar-refractivity contribution in [3.63, 3.8) is 0 Å². The molecule has 5 heteroatoms. The van der Waals surface area contributed by atoms with Gasteiger partial charge in [-0.05, 0) is 18.2 Å². The van der Waals surface area contributed by atoms with Gasteiger partial charge in [-0.3, -0.25) is 9.59 Å². The molecule has 102 valence electrons. The third-order valence-corrected chi connectivity index (χ3v) is 3.59. The Balaban J connectivity index is 2.22. The van der Waals surface area contributed by atoms with Crippen LogP contribution in [0.4, 0.5) is 0 Å². The fourth-order valence-corrected chi connectivity index (χ4v) is 2.37. The van der Waals surface area contributed by atoms with Gasteiger partial charge in [0.1, 0.15) is 11.5 Å². The Morgan fingerprint density at radius 2 is 2.21 bits per heavy atom. The lowest BCUT2D eigenvalue weighted by Gasteiger charge is -2.30. The molecule has 4 nitrogen and oxygen atoms in total. The number of ether oxygens (including phenoxy) is 1. The number of nitrogens with zero attached hydrogens (tertiary/aromatic N) is 1. The molecule has 1 amide bonds. The monoisotopic (exact) mass is 281 g/mol. The average Bonchev–Trinajstić information content (AvgIpc) is 2.41. The van der Waals surface area contributed by atoms with Crippen molar-refractivity contribution in [3.05, 3.63) is 28.8 Å². The average molecular weight is 282 g/mol. The number of rotatable bonds is 2. The number of carbonyl (C=O) groups excluding carboxylic acids is 2. The van der Waals surface area contributed by atoms with E-state index in [0.717, 1.165) is 0 Å². The van der Waals surface area contributed by atoms with Gasteiger partial charge in [-0.1, -0.05) is 18.5 Å². The molecule has 0 N–H and O–H groups in total. The van der Waals surface area contributed by atoms with E-state index in [-0.39, 0.29) is 17.6 Å². The van der Waals surface area contributed by atoms with E-state index in [1.54, 1.807) is 23.1 Å². The molecule has 0 aliphatic carbocycles. The molecule has 1 unspecified atom stereocenters.